The predicted octanol–water partition coefficient (Wildman–Crippen LogP) is 1.02. The Kier molecular flexibility index (Phi) is 9.04. The summed E-state index contributed by atoms with van der Waals surface area (Å²) in [6.07, 6.45) is 1.83. The van der Waals surface area contributed by atoms with Crippen molar-refractivity contribution in [3.63, 3.8) is 0 Å². The molecule has 1 amide bonds. The number of rotatable bonds is 8. The molecule has 0 fully saturated rings. The molecule has 1 atom stereocenters. The van der Waals surface area contributed by atoms with Crippen LogP contribution in [0.1, 0.15) is 19.3 Å². The van der Waals surface area contributed by atoms with E-state index in [-0.39, 0.29) is 12.5 Å². The lowest BCUT2D eigenvalue weighted by Crippen LogP contribution is -2.36. The minimum Gasteiger partial charge on any atom is -0.389 e. The van der Waals surface area contributed by atoms with Gasteiger partial charge in [-0.15, -0.1) is 0 Å². The van der Waals surface area contributed by atoms with Gasteiger partial charge in [-0.2, -0.15) is 0 Å². The number of amides is 1. The number of ether oxygens (including phenoxy) is 1. The summed E-state index contributed by atoms with van der Waals surface area (Å²) >= 11 is 3.32. The molecule has 0 spiro atoms. The van der Waals surface area contributed by atoms with Crippen molar-refractivity contribution >= 4 is 21.8 Å². The highest BCUT2D eigenvalue weighted by Crippen LogP contribution is 2.02. The highest BCUT2D eigenvalue weighted by molar-refractivity contribution is 9.09. The quantitative estimate of drug-likeness (QED) is 0.534. The zero-order valence-electron chi connectivity index (χ0n) is 9.41. The van der Waals surface area contributed by atoms with Crippen molar-refractivity contribution < 1.29 is 14.6 Å². The number of aliphatic hydroxyl groups excluding tert-OH is 1. The summed E-state index contributed by atoms with van der Waals surface area (Å²) in [7, 11) is 3.23. The van der Waals surface area contributed by atoms with Gasteiger partial charge in [0.25, 0.3) is 0 Å². The van der Waals surface area contributed by atoms with Gasteiger partial charge in [0, 0.05) is 32.5 Å². The number of likely N-dealkylation sites (N-methyl/N-ethyl adjacent to an activating group) is 1. The zero-order valence-corrected chi connectivity index (χ0v) is 11.0. The molecule has 0 rings (SSSR count). The molecule has 0 aromatic heterocycles. The molecule has 1 unspecified atom stereocenters. The predicted molar refractivity (Wildman–Crippen MR) is 63.2 cm³/mol. The molecule has 0 aliphatic rings. The van der Waals surface area contributed by atoms with E-state index in [0.29, 0.717) is 13.0 Å². The Morgan fingerprint density at radius 1 is 1.53 bits per heavy atom. The molecule has 0 bridgehead atoms. The molecule has 1 N–H and O–H groups in total. The van der Waals surface area contributed by atoms with Crippen molar-refractivity contribution in [2.24, 2.45) is 0 Å². The molecule has 0 aromatic rings. The number of nitrogens with zero attached hydrogens (tertiary/aromatic N) is 1. The Bertz CT molecular complexity index is 178. The van der Waals surface area contributed by atoms with Gasteiger partial charge in [-0.25, -0.2) is 0 Å². The Balaban J connectivity index is 3.68. The number of unbranched alkanes of at least 4 members (excludes halogenated alkanes) is 1. The number of hydrogen-bond donors (Lipinski definition) is 1. The summed E-state index contributed by atoms with van der Waals surface area (Å²) in [5.41, 5.74) is 0. The fraction of sp³-hybridized carbons (Fsp3) is 0.900. The molecule has 0 heterocycles. The summed E-state index contributed by atoms with van der Waals surface area (Å²) < 4.78 is 4.79. The Morgan fingerprint density at radius 3 is 2.73 bits per heavy atom. The van der Waals surface area contributed by atoms with E-state index in [0.717, 1.165) is 18.2 Å². The lowest BCUT2D eigenvalue weighted by atomic mass is 10.2. The van der Waals surface area contributed by atoms with Gasteiger partial charge >= 0.3 is 0 Å². The number of methoxy groups -OCH3 is 1. The summed E-state index contributed by atoms with van der Waals surface area (Å²) in [5, 5.41) is 10.3. The molecule has 5 heteroatoms. The Hall–Kier alpha value is -0.130. The molecule has 0 saturated heterocycles. The van der Waals surface area contributed by atoms with Crippen molar-refractivity contribution in [2.45, 2.75) is 25.4 Å². The number of carbonyl (C=O) groups is 1. The van der Waals surface area contributed by atoms with Crippen molar-refractivity contribution in [2.75, 3.05) is 32.6 Å². The van der Waals surface area contributed by atoms with Gasteiger partial charge in [-0.05, 0) is 12.8 Å². The van der Waals surface area contributed by atoms with Crippen LogP contribution in [0.5, 0.6) is 0 Å². The number of aliphatic hydroxyl groups is 1. The molecule has 0 saturated carbocycles. The van der Waals surface area contributed by atoms with E-state index >= 15 is 0 Å². The third-order valence-electron chi connectivity index (χ3n) is 2.04. The molecular formula is C10H20BrNO3. The van der Waals surface area contributed by atoms with E-state index < -0.39 is 6.10 Å². The van der Waals surface area contributed by atoms with Gasteiger partial charge < -0.3 is 14.7 Å². The molecule has 90 valence electrons. The van der Waals surface area contributed by atoms with Crippen LogP contribution >= 0.6 is 15.9 Å². The second-order valence-corrected chi connectivity index (χ2v) is 4.32. The first-order chi connectivity index (χ1) is 7.11. The maximum Gasteiger partial charge on any atom is 0.222 e. The van der Waals surface area contributed by atoms with E-state index in [2.05, 4.69) is 15.9 Å². The first kappa shape index (κ1) is 14.9. The number of halogens is 1. The second kappa shape index (κ2) is 9.12. The van der Waals surface area contributed by atoms with Crippen molar-refractivity contribution in [1.29, 1.82) is 0 Å². The number of hydrogen-bond acceptors (Lipinski definition) is 3. The van der Waals surface area contributed by atoms with E-state index in [4.69, 9.17) is 4.74 Å². The molecule has 0 aliphatic heterocycles. The zero-order chi connectivity index (χ0) is 11.7. The maximum absolute atomic E-state index is 11.5. The molecular weight excluding hydrogens is 262 g/mol. The lowest BCUT2D eigenvalue weighted by molar-refractivity contribution is -0.131. The van der Waals surface area contributed by atoms with Gasteiger partial charge in [0.1, 0.15) is 0 Å². The van der Waals surface area contributed by atoms with Crippen LogP contribution in [0, 0.1) is 0 Å². The minimum atomic E-state index is -0.597. The van der Waals surface area contributed by atoms with Gasteiger partial charge in [-0.3, -0.25) is 4.79 Å². The van der Waals surface area contributed by atoms with Crippen molar-refractivity contribution in [3.8, 4) is 0 Å². The monoisotopic (exact) mass is 281 g/mol. The number of alkyl halides is 1. The molecule has 0 aromatic carbocycles. The van der Waals surface area contributed by atoms with Crippen LogP contribution < -0.4 is 0 Å². The highest BCUT2D eigenvalue weighted by atomic mass is 79.9. The van der Waals surface area contributed by atoms with Crippen molar-refractivity contribution in [1.82, 2.24) is 4.90 Å². The standard InChI is InChI=1S/C10H20BrNO3/c1-12(7-9(13)8-15-2)10(14)5-3-4-6-11/h9,13H,3-8H2,1-2H3. The largest absolute Gasteiger partial charge is 0.389 e. The summed E-state index contributed by atoms with van der Waals surface area (Å²) in [6, 6.07) is 0. The molecule has 0 radical (unpaired) electrons. The maximum atomic E-state index is 11.5. The van der Waals surface area contributed by atoms with Crippen LogP contribution in [-0.2, 0) is 9.53 Å². The molecule has 0 aliphatic carbocycles. The summed E-state index contributed by atoms with van der Waals surface area (Å²) in [4.78, 5) is 13.1. The van der Waals surface area contributed by atoms with Gasteiger partial charge in [0.05, 0.1) is 12.7 Å². The fourth-order valence-electron chi connectivity index (χ4n) is 1.22. The normalized spacial score (nSPS) is 12.5. The average molecular weight is 282 g/mol. The van der Waals surface area contributed by atoms with Crippen LogP contribution in [0.4, 0.5) is 0 Å². The summed E-state index contributed by atoms with van der Waals surface area (Å²) in [5.74, 6) is 0.0751. The Labute approximate surface area is 99.7 Å². The third-order valence-corrected chi connectivity index (χ3v) is 2.60. The third kappa shape index (κ3) is 7.76. The van der Waals surface area contributed by atoms with E-state index in [1.807, 2.05) is 0 Å². The first-order valence-corrected chi connectivity index (χ1v) is 6.21. The SMILES string of the molecule is COCC(O)CN(C)C(=O)CCCCBr. The van der Waals surface area contributed by atoms with Crippen LogP contribution in [0.2, 0.25) is 0 Å². The molecule has 15 heavy (non-hydrogen) atoms. The van der Waals surface area contributed by atoms with Crippen LogP contribution in [-0.4, -0.2) is 54.7 Å². The average Bonchev–Trinajstić information content (AvgIpc) is 2.18. The van der Waals surface area contributed by atoms with Crippen LogP contribution in [0.25, 0.3) is 0 Å². The fourth-order valence-corrected chi connectivity index (χ4v) is 1.62. The lowest BCUT2D eigenvalue weighted by Gasteiger charge is -2.20. The van der Waals surface area contributed by atoms with Gasteiger partial charge in [-0.1, -0.05) is 15.9 Å². The van der Waals surface area contributed by atoms with E-state index in [1.54, 1.807) is 11.9 Å². The Morgan fingerprint density at radius 2 is 2.20 bits per heavy atom. The van der Waals surface area contributed by atoms with E-state index in [9.17, 15) is 9.90 Å². The van der Waals surface area contributed by atoms with E-state index in [1.165, 1.54) is 7.11 Å². The van der Waals surface area contributed by atoms with Crippen LogP contribution in [0.15, 0.2) is 0 Å². The highest BCUT2D eigenvalue weighted by Gasteiger charge is 2.12. The smallest absolute Gasteiger partial charge is 0.222 e. The van der Waals surface area contributed by atoms with Gasteiger partial charge in [0.2, 0.25) is 5.91 Å². The minimum absolute atomic E-state index is 0.0751. The second-order valence-electron chi connectivity index (χ2n) is 3.53. The van der Waals surface area contributed by atoms with Crippen molar-refractivity contribution in [3.05, 3.63) is 0 Å². The topological polar surface area (TPSA) is 49.8 Å². The van der Waals surface area contributed by atoms with Crippen LogP contribution in [0.3, 0.4) is 0 Å². The van der Waals surface area contributed by atoms with Gasteiger partial charge in [0.15, 0.2) is 0 Å². The summed E-state index contributed by atoms with van der Waals surface area (Å²) in [6.45, 7) is 0.597. The number of carbonyl (C=O) groups excluding carboxylic acids is 1. The first-order valence-electron chi connectivity index (χ1n) is 5.08. The molecule has 4 nitrogen and oxygen atoms in total.